The third kappa shape index (κ3) is 6.39. The van der Waals surface area contributed by atoms with Crippen molar-refractivity contribution in [2.24, 2.45) is 0 Å². The maximum absolute atomic E-state index is 13.0. The van der Waals surface area contributed by atoms with Gasteiger partial charge in [-0.1, -0.05) is 6.92 Å². The van der Waals surface area contributed by atoms with Crippen LogP contribution in [0.4, 0.5) is 23.4 Å². The molecule has 2 rings (SSSR count). The molecule has 7 nitrogen and oxygen atoms in total. The van der Waals surface area contributed by atoms with Gasteiger partial charge in [-0.3, -0.25) is 9.59 Å². The fourth-order valence-electron chi connectivity index (χ4n) is 2.25. The zero-order valence-electron chi connectivity index (χ0n) is 16.2. The van der Waals surface area contributed by atoms with Crippen LogP contribution in [0.15, 0.2) is 30.6 Å². The Balaban J connectivity index is 1.96. The number of ether oxygens (including phenoxy) is 1. The molecule has 2 heterocycles. The molecule has 0 unspecified atom stereocenters. The minimum absolute atomic E-state index is 0.0686. The van der Waals surface area contributed by atoms with E-state index < -0.39 is 24.9 Å². The van der Waals surface area contributed by atoms with Gasteiger partial charge in [-0.25, -0.2) is 18.7 Å². The van der Waals surface area contributed by atoms with Crippen LogP contribution in [0.2, 0.25) is 0 Å². The summed E-state index contributed by atoms with van der Waals surface area (Å²) in [6.07, 6.45) is -0.906. The summed E-state index contributed by atoms with van der Waals surface area (Å²) in [4.78, 5) is 31.5. The van der Waals surface area contributed by atoms with Crippen LogP contribution < -0.4 is 15.4 Å². The van der Waals surface area contributed by atoms with Crippen LogP contribution in [0.25, 0.3) is 0 Å². The number of amides is 2. The normalized spacial score (nSPS) is 11.3. The molecule has 0 aliphatic heterocycles. The summed E-state index contributed by atoms with van der Waals surface area (Å²) in [5.41, 5.74) is 1.16. The average Bonchev–Trinajstić information content (AvgIpc) is 2.71. The number of carbonyl (C=O) groups is 2. The number of hydrogen-bond acceptors (Lipinski definition) is 5. The first-order valence-electron chi connectivity index (χ1n) is 8.90. The molecule has 0 atom stereocenters. The third-order valence-corrected chi connectivity index (χ3v) is 3.87. The van der Waals surface area contributed by atoms with Crippen LogP contribution in [-0.4, -0.2) is 40.7 Å². The molecule has 0 radical (unpaired) electrons. The number of nitrogens with one attached hydrogen (secondary N) is 2. The molecule has 0 aromatic carbocycles. The van der Waals surface area contributed by atoms with Crippen molar-refractivity contribution in [1.29, 1.82) is 0 Å². The maximum Gasteiger partial charge on any atom is 0.340 e. The van der Waals surface area contributed by atoms with Crippen molar-refractivity contribution in [2.45, 2.75) is 39.2 Å². The zero-order chi connectivity index (χ0) is 22.3. The summed E-state index contributed by atoms with van der Waals surface area (Å²) >= 11 is 0. The molecular formula is C19H20F4N4O3. The monoisotopic (exact) mass is 428 g/mol. The number of anilines is 1. The molecule has 30 heavy (non-hydrogen) atoms. The molecule has 0 aliphatic rings. The fourth-order valence-corrected chi connectivity index (χ4v) is 2.25. The molecule has 2 amide bonds. The standard InChI is InChI=1S/C19H20F4N4O3/c1-3-15(28)27-14-7-13(4-5-24-14)16(29)25-8-12-6-11(2)17(26-9-12)30-10-19(22,23)18(20)21/h4-7,9,18H,3,8,10H2,1-2H3,(H,25,29)(H,24,27,28). The minimum Gasteiger partial charge on any atom is -0.471 e. The highest BCUT2D eigenvalue weighted by molar-refractivity contribution is 5.96. The summed E-state index contributed by atoms with van der Waals surface area (Å²) in [6, 6.07) is 4.43. The summed E-state index contributed by atoms with van der Waals surface area (Å²) < 4.78 is 55.0. The number of hydrogen-bond donors (Lipinski definition) is 2. The predicted octanol–water partition coefficient (Wildman–Crippen LogP) is 3.34. The van der Waals surface area contributed by atoms with E-state index in [9.17, 15) is 27.2 Å². The Labute approximate surface area is 169 Å². The molecule has 0 aliphatic carbocycles. The first-order chi connectivity index (χ1) is 14.1. The van der Waals surface area contributed by atoms with E-state index in [4.69, 9.17) is 4.74 Å². The molecule has 2 aromatic heterocycles. The van der Waals surface area contributed by atoms with Gasteiger partial charge in [-0.15, -0.1) is 0 Å². The Kier molecular flexibility index (Phi) is 7.67. The Morgan fingerprint density at radius 3 is 2.60 bits per heavy atom. The van der Waals surface area contributed by atoms with E-state index in [-0.39, 0.29) is 36.1 Å². The molecule has 2 N–H and O–H groups in total. The number of halogens is 4. The van der Waals surface area contributed by atoms with Gasteiger partial charge in [0.05, 0.1) is 0 Å². The van der Waals surface area contributed by atoms with Crippen LogP contribution in [0.1, 0.15) is 34.8 Å². The van der Waals surface area contributed by atoms with Gasteiger partial charge in [0, 0.05) is 36.5 Å². The number of alkyl halides is 4. The maximum atomic E-state index is 13.0. The van der Waals surface area contributed by atoms with Gasteiger partial charge in [0.25, 0.3) is 5.91 Å². The van der Waals surface area contributed by atoms with Crippen molar-refractivity contribution in [1.82, 2.24) is 15.3 Å². The van der Waals surface area contributed by atoms with Crippen molar-refractivity contribution in [3.63, 3.8) is 0 Å². The van der Waals surface area contributed by atoms with Crippen LogP contribution in [0.5, 0.6) is 5.88 Å². The SMILES string of the molecule is CCC(=O)Nc1cc(C(=O)NCc2cnc(OCC(F)(F)C(F)F)c(C)c2)ccn1. The van der Waals surface area contributed by atoms with Gasteiger partial charge >= 0.3 is 12.3 Å². The van der Waals surface area contributed by atoms with Crippen molar-refractivity contribution in [3.8, 4) is 5.88 Å². The lowest BCUT2D eigenvalue weighted by Gasteiger charge is -2.16. The lowest BCUT2D eigenvalue weighted by molar-refractivity contribution is -0.148. The highest BCUT2D eigenvalue weighted by Crippen LogP contribution is 2.25. The van der Waals surface area contributed by atoms with E-state index in [1.54, 1.807) is 6.92 Å². The van der Waals surface area contributed by atoms with E-state index >= 15 is 0 Å². The lowest BCUT2D eigenvalue weighted by atomic mass is 10.2. The highest BCUT2D eigenvalue weighted by atomic mass is 19.3. The van der Waals surface area contributed by atoms with E-state index in [1.807, 2.05) is 0 Å². The second-order valence-corrected chi connectivity index (χ2v) is 6.33. The van der Waals surface area contributed by atoms with E-state index in [2.05, 4.69) is 20.6 Å². The van der Waals surface area contributed by atoms with Crippen LogP contribution in [0, 0.1) is 6.92 Å². The van der Waals surface area contributed by atoms with Crippen LogP contribution in [-0.2, 0) is 11.3 Å². The van der Waals surface area contributed by atoms with Crippen molar-refractivity contribution in [3.05, 3.63) is 47.3 Å². The fraction of sp³-hybridized carbons (Fsp3) is 0.368. The Morgan fingerprint density at radius 1 is 1.23 bits per heavy atom. The summed E-state index contributed by atoms with van der Waals surface area (Å²) in [5.74, 6) is -4.90. The molecule has 0 saturated heterocycles. The topological polar surface area (TPSA) is 93.2 Å². The highest BCUT2D eigenvalue weighted by Gasteiger charge is 2.42. The molecule has 162 valence electrons. The number of aromatic nitrogens is 2. The molecule has 11 heteroatoms. The van der Waals surface area contributed by atoms with Crippen LogP contribution in [0.3, 0.4) is 0 Å². The Morgan fingerprint density at radius 2 is 1.97 bits per heavy atom. The van der Waals surface area contributed by atoms with Gasteiger partial charge < -0.3 is 15.4 Å². The van der Waals surface area contributed by atoms with E-state index in [1.165, 1.54) is 37.5 Å². The number of aryl methyl sites for hydroxylation is 1. The predicted molar refractivity (Wildman–Crippen MR) is 99.7 cm³/mol. The Hall–Kier alpha value is -3.24. The van der Waals surface area contributed by atoms with Gasteiger partial charge in [-0.05, 0) is 30.7 Å². The zero-order valence-corrected chi connectivity index (χ0v) is 16.2. The van der Waals surface area contributed by atoms with E-state index in [0.29, 0.717) is 11.1 Å². The van der Waals surface area contributed by atoms with Gasteiger partial charge in [-0.2, -0.15) is 8.78 Å². The molecule has 0 spiro atoms. The third-order valence-electron chi connectivity index (χ3n) is 3.87. The molecular weight excluding hydrogens is 408 g/mol. The first kappa shape index (κ1) is 23.0. The largest absolute Gasteiger partial charge is 0.471 e. The van der Waals surface area contributed by atoms with Crippen molar-refractivity contribution < 1.29 is 31.9 Å². The summed E-state index contributed by atoms with van der Waals surface area (Å²) in [6.45, 7) is 1.77. The molecule has 0 bridgehead atoms. The second-order valence-electron chi connectivity index (χ2n) is 6.33. The van der Waals surface area contributed by atoms with Gasteiger partial charge in [0.1, 0.15) is 5.82 Å². The van der Waals surface area contributed by atoms with Gasteiger partial charge in [0.15, 0.2) is 6.61 Å². The Bertz CT molecular complexity index is 909. The lowest BCUT2D eigenvalue weighted by Crippen LogP contribution is -2.34. The number of carbonyl (C=O) groups excluding carboxylic acids is 2. The second kappa shape index (κ2) is 9.99. The first-order valence-corrected chi connectivity index (χ1v) is 8.90. The summed E-state index contributed by atoms with van der Waals surface area (Å²) in [7, 11) is 0. The molecule has 2 aromatic rings. The number of rotatable bonds is 9. The quantitative estimate of drug-likeness (QED) is 0.598. The van der Waals surface area contributed by atoms with Gasteiger partial charge in [0.2, 0.25) is 11.8 Å². The molecule has 0 saturated carbocycles. The van der Waals surface area contributed by atoms with E-state index in [0.717, 1.165) is 0 Å². The number of nitrogens with zero attached hydrogens (tertiary/aromatic N) is 2. The van der Waals surface area contributed by atoms with Crippen molar-refractivity contribution >= 4 is 17.6 Å². The summed E-state index contributed by atoms with van der Waals surface area (Å²) in [5, 5.41) is 5.20. The smallest absolute Gasteiger partial charge is 0.340 e. The average molecular weight is 428 g/mol. The minimum atomic E-state index is -4.28. The number of pyridine rings is 2. The van der Waals surface area contributed by atoms with Crippen LogP contribution >= 0.6 is 0 Å². The van der Waals surface area contributed by atoms with Crippen molar-refractivity contribution in [2.75, 3.05) is 11.9 Å². The molecule has 0 fully saturated rings.